The van der Waals surface area contributed by atoms with Crippen LogP contribution < -0.4 is 0 Å². The van der Waals surface area contributed by atoms with Gasteiger partial charge in [-0.05, 0) is 131 Å². The van der Waals surface area contributed by atoms with Gasteiger partial charge in [0.25, 0.3) is 0 Å². The topological polar surface area (TPSA) is 38.7 Å². The molecule has 68 heavy (non-hydrogen) atoms. The van der Waals surface area contributed by atoms with E-state index in [1.807, 2.05) is 103 Å². The van der Waals surface area contributed by atoms with Gasteiger partial charge in [0, 0.05) is 36.5 Å². The second kappa shape index (κ2) is 21.1. The smallest absolute Gasteiger partial charge is 0.304 e. The first-order chi connectivity index (χ1) is 36.5. The number of hydrogen-bond donors (Lipinski definition) is 0. The Bertz CT molecular complexity index is 3550. The molecular formula is C64H50IrN3. The molecule has 3 aromatic heterocycles. The minimum Gasteiger partial charge on any atom is -0.304 e. The summed E-state index contributed by atoms with van der Waals surface area (Å²) < 4.78 is 77.6. The molecule has 3 nitrogen and oxygen atoms in total. The minimum atomic E-state index is -2.53. The molecule has 0 N–H and O–H groups in total. The molecule has 3 heterocycles. The summed E-state index contributed by atoms with van der Waals surface area (Å²) in [5.41, 5.74) is 13.9. The average molecular weight is 1060 g/mol. The SMILES string of the molecule is [2H]C([2H])([2H])c1cc(-c2[c-]cccc2)ncc1CCc1cc(CCc2cnc(-c3[c-]cccc3)cc2C([2H])([2H])[2H])cc(-c2ccccc2-c2cnc(-c3[c-]ccc(-c4cccc(-c5ccccc5)c4)c3)cc2C([2H])([2H])[2H])c1.[Ir+3]. The molecule has 0 amide bonds. The first-order valence-electron chi connectivity index (χ1n) is 26.9. The van der Waals surface area contributed by atoms with Gasteiger partial charge in [0.1, 0.15) is 0 Å². The van der Waals surface area contributed by atoms with Crippen molar-refractivity contribution in [2.45, 2.75) is 46.2 Å². The molecule has 7 aromatic carbocycles. The Morgan fingerprint density at radius 3 is 1.50 bits per heavy atom. The Morgan fingerprint density at radius 2 is 0.882 bits per heavy atom. The molecule has 0 saturated heterocycles. The molecule has 0 bridgehead atoms. The van der Waals surface area contributed by atoms with E-state index < -0.39 is 20.6 Å². The maximum absolute atomic E-state index is 8.87. The summed E-state index contributed by atoms with van der Waals surface area (Å²) in [6.07, 6.45) is 6.53. The number of rotatable bonds is 13. The summed E-state index contributed by atoms with van der Waals surface area (Å²) in [5, 5.41) is 0. The van der Waals surface area contributed by atoms with E-state index in [4.69, 9.17) is 17.3 Å². The maximum atomic E-state index is 8.87. The van der Waals surface area contributed by atoms with Crippen molar-refractivity contribution in [3.63, 3.8) is 0 Å². The third-order valence-electron chi connectivity index (χ3n) is 12.2. The van der Waals surface area contributed by atoms with Crippen LogP contribution >= 0.6 is 0 Å². The van der Waals surface area contributed by atoms with Crippen LogP contribution in [-0.4, -0.2) is 15.0 Å². The zero-order valence-corrected chi connectivity index (χ0v) is 39.5. The molecule has 0 fully saturated rings. The molecule has 0 aliphatic heterocycles. The Morgan fingerprint density at radius 1 is 0.368 bits per heavy atom. The van der Waals surface area contributed by atoms with Crippen LogP contribution in [0.25, 0.3) is 78.3 Å². The fourth-order valence-electron chi connectivity index (χ4n) is 8.62. The van der Waals surface area contributed by atoms with Gasteiger partial charge < -0.3 is 15.0 Å². The van der Waals surface area contributed by atoms with Crippen molar-refractivity contribution in [1.29, 1.82) is 0 Å². The van der Waals surface area contributed by atoms with Crippen molar-refractivity contribution >= 4 is 0 Å². The molecule has 4 heteroatoms. The van der Waals surface area contributed by atoms with E-state index in [-0.39, 0.29) is 36.8 Å². The first-order valence-corrected chi connectivity index (χ1v) is 22.4. The number of aryl methyl sites for hydroxylation is 7. The molecule has 0 spiro atoms. The fraction of sp³-hybridized carbons (Fsp3) is 0.109. The minimum absolute atomic E-state index is 0. The van der Waals surface area contributed by atoms with Gasteiger partial charge in [0.05, 0.1) is 0 Å². The Labute approximate surface area is 427 Å². The van der Waals surface area contributed by atoms with Gasteiger partial charge in [0.2, 0.25) is 0 Å². The molecule has 0 radical (unpaired) electrons. The van der Waals surface area contributed by atoms with Gasteiger partial charge in [-0.2, -0.15) is 0 Å². The summed E-state index contributed by atoms with van der Waals surface area (Å²) in [6.45, 7) is -7.34. The van der Waals surface area contributed by atoms with Gasteiger partial charge in [-0.15, -0.1) is 107 Å². The number of pyridine rings is 3. The van der Waals surface area contributed by atoms with Gasteiger partial charge >= 0.3 is 20.1 Å². The third-order valence-corrected chi connectivity index (χ3v) is 12.2. The van der Waals surface area contributed by atoms with Crippen LogP contribution in [0.15, 0.2) is 201 Å². The average Bonchev–Trinajstić information content (AvgIpc) is 3.46. The molecule has 0 aliphatic rings. The molecule has 0 aliphatic carbocycles. The number of hydrogen-bond acceptors (Lipinski definition) is 3. The Hall–Kier alpha value is -7.36. The van der Waals surface area contributed by atoms with Crippen molar-refractivity contribution in [1.82, 2.24) is 15.0 Å². The van der Waals surface area contributed by atoms with Crippen LogP contribution in [0, 0.1) is 38.8 Å². The zero-order chi connectivity index (χ0) is 53.0. The van der Waals surface area contributed by atoms with Crippen LogP contribution in [-0.2, 0) is 45.8 Å². The maximum Gasteiger partial charge on any atom is 3.00 e. The van der Waals surface area contributed by atoms with E-state index in [1.54, 1.807) is 48.9 Å². The van der Waals surface area contributed by atoms with Gasteiger partial charge in [-0.25, -0.2) is 0 Å². The van der Waals surface area contributed by atoms with Crippen LogP contribution in [0.1, 0.15) is 51.3 Å². The molecule has 10 aromatic rings. The van der Waals surface area contributed by atoms with Crippen molar-refractivity contribution in [3.05, 3.63) is 258 Å². The second-order valence-corrected chi connectivity index (χ2v) is 16.6. The van der Waals surface area contributed by atoms with E-state index in [0.717, 1.165) is 44.5 Å². The predicted molar refractivity (Wildman–Crippen MR) is 276 cm³/mol. The summed E-state index contributed by atoms with van der Waals surface area (Å²) in [4.78, 5) is 14.3. The standard InChI is InChI=1S/C64H50N3.Ir/c1-44-33-62(50-19-9-5-10-20-50)65-41-56(44)31-29-47-36-48(30-32-57-42-66-63(34-45(57)2)51-21-11-6-12-22-51)38-58(37-47)59-27-13-14-28-60(59)61-43-67-64(35-46(61)3)55-26-16-25-54(40-55)53-24-15-23-52(39-53)49-17-7-4-8-18-49;/h4-19,21,23-25,27-28,33-43H,29-32H2,1-3H3;/q-3;+3/i1D3,2D3,3D3;. The molecule has 0 unspecified atom stereocenters. The van der Waals surface area contributed by atoms with E-state index in [1.165, 1.54) is 0 Å². The molecule has 0 atom stereocenters. The number of benzene rings is 7. The molecule has 0 saturated carbocycles. The van der Waals surface area contributed by atoms with Crippen molar-refractivity contribution in [2.24, 2.45) is 0 Å². The van der Waals surface area contributed by atoms with Crippen molar-refractivity contribution < 1.29 is 32.4 Å². The van der Waals surface area contributed by atoms with Crippen LogP contribution in [0.4, 0.5) is 0 Å². The van der Waals surface area contributed by atoms with Gasteiger partial charge in [-0.1, -0.05) is 120 Å². The normalized spacial score (nSPS) is 13.5. The quantitative estimate of drug-likeness (QED) is 0.108. The van der Waals surface area contributed by atoms with E-state index in [9.17, 15) is 0 Å². The van der Waals surface area contributed by atoms with Gasteiger partial charge in [-0.3, -0.25) is 0 Å². The van der Waals surface area contributed by atoms with E-state index in [2.05, 4.69) is 76.7 Å². The van der Waals surface area contributed by atoms with Crippen LogP contribution in [0.5, 0.6) is 0 Å². The Kier molecular flexibility index (Phi) is 11.1. The van der Waals surface area contributed by atoms with Crippen LogP contribution in [0.3, 0.4) is 0 Å². The van der Waals surface area contributed by atoms with Gasteiger partial charge in [0.15, 0.2) is 0 Å². The summed E-state index contributed by atoms with van der Waals surface area (Å²) >= 11 is 0. The van der Waals surface area contributed by atoms with E-state index >= 15 is 0 Å². The third kappa shape index (κ3) is 10.4. The van der Waals surface area contributed by atoms with Crippen molar-refractivity contribution in [2.75, 3.05) is 0 Å². The number of nitrogens with zero attached hydrogens (tertiary/aromatic N) is 3. The van der Waals surface area contributed by atoms with Crippen molar-refractivity contribution in [3.8, 4) is 78.3 Å². The monoisotopic (exact) mass is 1060 g/mol. The number of aromatic nitrogens is 3. The largest absolute Gasteiger partial charge is 3.00 e. The zero-order valence-electron chi connectivity index (χ0n) is 46.1. The molecule has 330 valence electrons. The van der Waals surface area contributed by atoms with Crippen LogP contribution in [0.2, 0.25) is 0 Å². The Balaban J connectivity index is 0.00000722. The first kappa shape index (κ1) is 35.8. The summed E-state index contributed by atoms with van der Waals surface area (Å²) in [6, 6.07) is 67.3. The summed E-state index contributed by atoms with van der Waals surface area (Å²) in [5.74, 6) is 0. The molecular weight excluding hydrogens is 1000 g/mol. The molecule has 10 rings (SSSR count). The van der Waals surface area contributed by atoms with E-state index in [0.29, 0.717) is 81.7 Å². The predicted octanol–water partition coefficient (Wildman–Crippen LogP) is 15.4. The summed E-state index contributed by atoms with van der Waals surface area (Å²) in [7, 11) is 0. The fourth-order valence-corrected chi connectivity index (χ4v) is 8.62. The second-order valence-electron chi connectivity index (χ2n) is 16.6.